The van der Waals surface area contributed by atoms with E-state index in [1.165, 1.54) is 0 Å². The van der Waals surface area contributed by atoms with Crippen LogP contribution in [0.1, 0.15) is 13.3 Å². The number of halogens is 1. The van der Waals surface area contributed by atoms with Crippen molar-refractivity contribution >= 4 is 0 Å². The third-order valence-corrected chi connectivity index (χ3v) is 1.18. The number of azide groups is 1. The van der Waals surface area contributed by atoms with Gasteiger partial charge < -0.3 is 4.74 Å². The van der Waals surface area contributed by atoms with Gasteiger partial charge in [-0.05, 0) is 12.5 Å². The molecule has 0 aromatic rings. The average Bonchev–Trinajstić information content (AvgIpc) is 2.01. The summed E-state index contributed by atoms with van der Waals surface area (Å²) in [6, 6.07) is 0. The van der Waals surface area contributed by atoms with Crippen molar-refractivity contribution in [3.05, 3.63) is 10.4 Å². The van der Waals surface area contributed by atoms with Crippen molar-refractivity contribution in [2.24, 2.45) is 5.11 Å². The van der Waals surface area contributed by atoms with E-state index in [0.29, 0.717) is 13.0 Å². The van der Waals surface area contributed by atoms with Crippen LogP contribution in [0.3, 0.4) is 0 Å². The van der Waals surface area contributed by atoms with Gasteiger partial charge >= 0.3 is 0 Å². The largest absolute Gasteiger partial charge is 0.378 e. The maximum Gasteiger partial charge on any atom is 0.0919 e. The second-order valence-electron chi connectivity index (χ2n) is 1.97. The molecule has 0 aliphatic heterocycles. The summed E-state index contributed by atoms with van der Waals surface area (Å²) in [7, 11) is 0. The fourth-order valence-corrected chi connectivity index (χ4v) is 0.712. The van der Waals surface area contributed by atoms with Gasteiger partial charge in [-0.3, -0.25) is 4.39 Å². The second kappa shape index (κ2) is 7.31. The summed E-state index contributed by atoms with van der Waals surface area (Å²) in [5.74, 6) is 0. The Balaban J connectivity index is 3.58. The van der Waals surface area contributed by atoms with Crippen LogP contribution in [-0.2, 0) is 4.74 Å². The normalized spacial score (nSPS) is 12.2. The summed E-state index contributed by atoms with van der Waals surface area (Å²) in [4.78, 5) is 2.56. The summed E-state index contributed by atoms with van der Waals surface area (Å²) >= 11 is 0. The number of rotatable bonds is 6. The second-order valence-corrected chi connectivity index (χ2v) is 1.97. The van der Waals surface area contributed by atoms with Crippen molar-refractivity contribution < 1.29 is 9.13 Å². The van der Waals surface area contributed by atoms with Gasteiger partial charge in [-0.15, -0.1) is 0 Å². The Morgan fingerprint density at radius 3 is 2.91 bits per heavy atom. The number of hydrogen-bond acceptors (Lipinski definition) is 2. The predicted molar refractivity (Wildman–Crippen MR) is 40.0 cm³/mol. The molecule has 0 aliphatic rings. The first-order chi connectivity index (χ1) is 5.35. The van der Waals surface area contributed by atoms with Crippen molar-refractivity contribution in [1.82, 2.24) is 0 Å². The average molecular weight is 161 g/mol. The van der Waals surface area contributed by atoms with Crippen LogP contribution in [0.25, 0.3) is 10.4 Å². The van der Waals surface area contributed by atoms with Crippen LogP contribution >= 0.6 is 0 Å². The van der Waals surface area contributed by atoms with E-state index in [2.05, 4.69) is 10.0 Å². The fraction of sp³-hybridized carbons (Fsp3) is 1.00. The van der Waals surface area contributed by atoms with E-state index in [1.54, 1.807) is 0 Å². The molecule has 0 bridgehead atoms. The van der Waals surface area contributed by atoms with E-state index < -0.39 is 6.67 Å². The van der Waals surface area contributed by atoms with Gasteiger partial charge in [0.2, 0.25) is 0 Å². The maximum absolute atomic E-state index is 11.8. The van der Waals surface area contributed by atoms with Gasteiger partial charge in [0.1, 0.15) is 0 Å². The highest BCUT2D eigenvalue weighted by atomic mass is 19.1. The van der Waals surface area contributed by atoms with Gasteiger partial charge in [-0.25, -0.2) is 0 Å². The highest BCUT2D eigenvalue weighted by Gasteiger charge is 2.05. The van der Waals surface area contributed by atoms with Gasteiger partial charge in [0.05, 0.1) is 19.3 Å². The van der Waals surface area contributed by atoms with Crippen LogP contribution in [0.5, 0.6) is 0 Å². The zero-order chi connectivity index (χ0) is 8.53. The Bertz CT molecular complexity index is 130. The van der Waals surface area contributed by atoms with Crippen LogP contribution in [0.15, 0.2) is 5.11 Å². The van der Waals surface area contributed by atoms with Gasteiger partial charge in [-0.1, -0.05) is 5.11 Å². The van der Waals surface area contributed by atoms with E-state index in [4.69, 9.17) is 10.3 Å². The summed E-state index contributed by atoms with van der Waals surface area (Å²) in [6.07, 6.45) is 0.0354. The lowest BCUT2D eigenvalue weighted by Gasteiger charge is -2.11. The maximum atomic E-state index is 11.8. The fourth-order valence-electron chi connectivity index (χ4n) is 0.712. The molecule has 4 nitrogen and oxygen atoms in total. The Labute approximate surface area is 65.0 Å². The smallest absolute Gasteiger partial charge is 0.0919 e. The molecule has 0 aromatic heterocycles. The molecule has 64 valence electrons. The van der Waals surface area contributed by atoms with Crippen molar-refractivity contribution in [2.75, 3.05) is 19.8 Å². The standard InChI is InChI=1S/C6H12FN3O/c1-2-11-6(3-4-7)5-9-10-8/h6H,2-5H2,1H3. The lowest BCUT2D eigenvalue weighted by molar-refractivity contribution is 0.0583. The minimum Gasteiger partial charge on any atom is -0.378 e. The van der Waals surface area contributed by atoms with E-state index in [-0.39, 0.29) is 12.6 Å². The Kier molecular flexibility index (Phi) is 6.78. The molecule has 0 amide bonds. The minimum atomic E-state index is -0.439. The Hall–Kier alpha value is -0.800. The van der Waals surface area contributed by atoms with Crippen molar-refractivity contribution in [3.63, 3.8) is 0 Å². The van der Waals surface area contributed by atoms with Crippen molar-refractivity contribution in [2.45, 2.75) is 19.4 Å². The number of hydrogen-bond donors (Lipinski definition) is 0. The molecule has 0 N–H and O–H groups in total. The zero-order valence-electron chi connectivity index (χ0n) is 6.53. The molecular formula is C6H12FN3O. The molecule has 0 aromatic carbocycles. The lowest BCUT2D eigenvalue weighted by atomic mass is 10.3. The molecule has 0 fully saturated rings. The van der Waals surface area contributed by atoms with Gasteiger partial charge in [0, 0.05) is 17.9 Å². The molecule has 0 saturated heterocycles. The minimum absolute atomic E-state index is 0.217. The zero-order valence-corrected chi connectivity index (χ0v) is 6.53. The molecule has 0 heterocycles. The SMILES string of the molecule is CCOC(CCF)CN=[N+]=[N-]. The lowest BCUT2D eigenvalue weighted by Crippen LogP contribution is -2.16. The predicted octanol–water partition coefficient (Wildman–Crippen LogP) is 2.06. The van der Waals surface area contributed by atoms with Crippen molar-refractivity contribution in [1.29, 1.82) is 0 Å². The van der Waals surface area contributed by atoms with E-state index in [9.17, 15) is 4.39 Å². The molecule has 11 heavy (non-hydrogen) atoms. The van der Waals surface area contributed by atoms with E-state index in [0.717, 1.165) is 0 Å². The summed E-state index contributed by atoms with van der Waals surface area (Å²) in [6.45, 7) is 2.12. The molecule has 1 unspecified atom stereocenters. The van der Waals surface area contributed by atoms with Crippen LogP contribution in [0.2, 0.25) is 0 Å². The van der Waals surface area contributed by atoms with Gasteiger partial charge in [0.15, 0.2) is 0 Å². The van der Waals surface area contributed by atoms with Crippen LogP contribution < -0.4 is 0 Å². The third-order valence-electron chi connectivity index (χ3n) is 1.18. The van der Waals surface area contributed by atoms with Gasteiger partial charge in [-0.2, -0.15) is 0 Å². The molecule has 0 aliphatic carbocycles. The number of alkyl halides is 1. The molecule has 0 saturated carbocycles. The quantitative estimate of drug-likeness (QED) is 0.334. The summed E-state index contributed by atoms with van der Waals surface area (Å²) in [5, 5.41) is 3.30. The first-order valence-corrected chi connectivity index (χ1v) is 3.53. The molecule has 5 heteroatoms. The van der Waals surface area contributed by atoms with Crippen LogP contribution in [-0.4, -0.2) is 25.9 Å². The van der Waals surface area contributed by atoms with E-state index >= 15 is 0 Å². The molecule has 0 rings (SSSR count). The third kappa shape index (κ3) is 5.63. The van der Waals surface area contributed by atoms with Gasteiger partial charge in [0.25, 0.3) is 0 Å². The molecular weight excluding hydrogens is 149 g/mol. The topological polar surface area (TPSA) is 58.0 Å². The highest BCUT2D eigenvalue weighted by molar-refractivity contribution is 4.61. The monoisotopic (exact) mass is 161 g/mol. The Morgan fingerprint density at radius 2 is 2.45 bits per heavy atom. The van der Waals surface area contributed by atoms with E-state index in [1.807, 2.05) is 6.92 Å². The Morgan fingerprint density at radius 1 is 1.73 bits per heavy atom. The van der Waals surface area contributed by atoms with Crippen LogP contribution in [0.4, 0.5) is 4.39 Å². The number of nitrogens with zero attached hydrogens (tertiary/aromatic N) is 3. The first kappa shape index (κ1) is 10.2. The summed E-state index contributed by atoms with van der Waals surface area (Å²) < 4.78 is 16.9. The molecule has 1 atom stereocenters. The molecule has 0 radical (unpaired) electrons. The first-order valence-electron chi connectivity index (χ1n) is 3.53. The number of ether oxygens (including phenoxy) is 1. The van der Waals surface area contributed by atoms with Crippen LogP contribution in [0, 0.1) is 0 Å². The highest BCUT2D eigenvalue weighted by Crippen LogP contribution is 1.99. The molecule has 0 spiro atoms. The summed E-state index contributed by atoms with van der Waals surface area (Å²) in [5.41, 5.74) is 7.96. The van der Waals surface area contributed by atoms with Crippen molar-refractivity contribution in [3.8, 4) is 0 Å².